The van der Waals surface area contributed by atoms with E-state index in [1.165, 1.54) is 6.08 Å². The standard InChI is InChI=1S/C7H10O3/c1-3-10-6(2)4-5-7(8)9/h4-5H,2-3H2,1H3,(H,8,9)/b5-4+. The zero-order valence-corrected chi connectivity index (χ0v) is 5.83. The molecule has 1 N–H and O–H groups in total. The minimum atomic E-state index is -0.999. The van der Waals surface area contributed by atoms with E-state index in [0.717, 1.165) is 6.08 Å². The summed E-state index contributed by atoms with van der Waals surface area (Å²) in [5, 5.41) is 8.15. The van der Waals surface area contributed by atoms with Gasteiger partial charge in [-0.15, -0.1) is 0 Å². The molecule has 0 saturated carbocycles. The zero-order valence-electron chi connectivity index (χ0n) is 5.83. The van der Waals surface area contributed by atoms with Crippen molar-refractivity contribution < 1.29 is 14.6 Å². The lowest BCUT2D eigenvalue weighted by Crippen LogP contribution is -1.89. The summed E-state index contributed by atoms with van der Waals surface area (Å²) in [6, 6.07) is 0. The summed E-state index contributed by atoms with van der Waals surface area (Å²) in [4.78, 5) is 9.92. The van der Waals surface area contributed by atoms with Crippen LogP contribution < -0.4 is 0 Å². The summed E-state index contributed by atoms with van der Waals surface area (Å²) in [5.41, 5.74) is 0. The van der Waals surface area contributed by atoms with Crippen LogP contribution in [-0.2, 0) is 9.53 Å². The van der Waals surface area contributed by atoms with Crippen LogP contribution in [0.4, 0.5) is 0 Å². The molecule has 3 heteroatoms. The third-order valence-corrected chi connectivity index (χ3v) is 0.742. The highest BCUT2D eigenvalue weighted by Crippen LogP contribution is 1.93. The highest BCUT2D eigenvalue weighted by Gasteiger charge is 1.87. The molecule has 3 nitrogen and oxygen atoms in total. The van der Waals surface area contributed by atoms with E-state index in [2.05, 4.69) is 6.58 Å². The van der Waals surface area contributed by atoms with Crippen molar-refractivity contribution in [2.45, 2.75) is 6.92 Å². The van der Waals surface area contributed by atoms with Gasteiger partial charge in [-0.1, -0.05) is 6.58 Å². The minimum Gasteiger partial charge on any atom is -0.495 e. The molecule has 0 heterocycles. The van der Waals surface area contributed by atoms with Gasteiger partial charge in [-0.3, -0.25) is 0 Å². The monoisotopic (exact) mass is 142 g/mol. The van der Waals surface area contributed by atoms with Crippen molar-refractivity contribution in [2.75, 3.05) is 6.61 Å². The third-order valence-electron chi connectivity index (χ3n) is 0.742. The number of hydrogen-bond donors (Lipinski definition) is 1. The van der Waals surface area contributed by atoms with Gasteiger partial charge in [0.25, 0.3) is 0 Å². The van der Waals surface area contributed by atoms with Gasteiger partial charge >= 0.3 is 5.97 Å². The quantitative estimate of drug-likeness (QED) is 0.364. The summed E-state index contributed by atoms with van der Waals surface area (Å²) in [6.45, 7) is 5.75. The Hall–Kier alpha value is -1.25. The SMILES string of the molecule is C=C(/C=C/C(=O)O)OCC. The molecular formula is C7H10O3. The number of aliphatic carboxylic acids is 1. The second-order valence-corrected chi connectivity index (χ2v) is 1.57. The molecule has 0 aliphatic carbocycles. The van der Waals surface area contributed by atoms with Crippen molar-refractivity contribution in [3.05, 3.63) is 24.5 Å². The van der Waals surface area contributed by atoms with Crippen molar-refractivity contribution in [3.8, 4) is 0 Å². The molecule has 0 saturated heterocycles. The van der Waals surface area contributed by atoms with Gasteiger partial charge in [0.1, 0.15) is 5.76 Å². The average Bonchev–Trinajstić information content (AvgIpc) is 1.85. The van der Waals surface area contributed by atoms with E-state index >= 15 is 0 Å². The molecule has 0 fully saturated rings. The summed E-state index contributed by atoms with van der Waals surface area (Å²) in [7, 11) is 0. The van der Waals surface area contributed by atoms with E-state index in [1.54, 1.807) is 6.92 Å². The Labute approximate surface area is 59.6 Å². The Balaban J connectivity index is 3.67. The van der Waals surface area contributed by atoms with Crippen LogP contribution in [0.1, 0.15) is 6.92 Å². The van der Waals surface area contributed by atoms with Gasteiger partial charge in [0.15, 0.2) is 0 Å². The van der Waals surface area contributed by atoms with E-state index in [1.807, 2.05) is 0 Å². The van der Waals surface area contributed by atoms with E-state index in [9.17, 15) is 4.79 Å². The number of carbonyl (C=O) groups is 1. The Morgan fingerprint density at radius 3 is 2.70 bits per heavy atom. The normalized spacial score (nSPS) is 9.70. The molecule has 0 aromatic rings. The summed E-state index contributed by atoms with van der Waals surface area (Å²) in [5.74, 6) is -0.634. The maximum atomic E-state index is 9.92. The molecule has 0 radical (unpaired) electrons. The lowest BCUT2D eigenvalue weighted by Gasteiger charge is -1.98. The van der Waals surface area contributed by atoms with Crippen molar-refractivity contribution >= 4 is 5.97 Å². The average molecular weight is 142 g/mol. The fourth-order valence-corrected chi connectivity index (χ4v) is 0.398. The van der Waals surface area contributed by atoms with Gasteiger partial charge in [0.2, 0.25) is 0 Å². The number of allylic oxidation sites excluding steroid dienone is 1. The minimum absolute atomic E-state index is 0.366. The highest BCUT2D eigenvalue weighted by molar-refractivity contribution is 5.80. The first-order chi connectivity index (χ1) is 4.66. The highest BCUT2D eigenvalue weighted by atomic mass is 16.5. The van der Waals surface area contributed by atoms with Crippen molar-refractivity contribution in [1.82, 2.24) is 0 Å². The predicted molar refractivity (Wildman–Crippen MR) is 37.5 cm³/mol. The molecule has 0 amide bonds. The Morgan fingerprint density at radius 2 is 2.30 bits per heavy atom. The first-order valence-electron chi connectivity index (χ1n) is 2.89. The largest absolute Gasteiger partial charge is 0.495 e. The van der Waals surface area contributed by atoms with Crippen molar-refractivity contribution in [2.24, 2.45) is 0 Å². The summed E-state index contributed by atoms with van der Waals surface area (Å²) >= 11 is 0. The van der Waals surface area contributed by atoms with Crippen LogP contribution in [-0.4, -0.2) is 17.7 Å². The molecule has 56 valence electrons. The molecule has 0 rings (SSSR count). The Bertz CT molecular complexity index is 158. The predicted octanol–water partition coefficient (Wildman–Crippen LogP) is 1.18. The van der Waals surface area contributed by atoms with Crippen molar-refractivity contribution in [3.63, 3.8) is 0 Å². The van der Waals surface area contributed by atoms with Gasteiger partial charge in [0, 0.05) is 6.08 Å². The van der Waals surface area contributed by atoms with Gasteiger partial charge in [-0.2, -0.15) is 0 Å². The van der Waals surface area contributed by atoms with Crippen molar-refractivity contribution in [1.29, 1.82) is 0 Å². The number of carboxylic acid groups (broad SMARTS) is 1. The van der Waals surface area contributed by atoms with Crippen LogP contribution in [0.15, 0.2) is 24.5 Å². The van der Waals surface area contributed by atoms with Crippen LogP contribution in [0, 0.1) is 0 Å². The van der Waals surface area contributed by atoms with Crippen LogP contribution in [0.5, 0.6) is 0 Å². The molecule has 0 aromatic heterocycles. The maximum Gasteiger partial charge on any atom is 0.328 e. The van der Waals surface area contributed by atoms with Crippen LogP contribution in [0.2, 0.25) is 0 Å². The first kappa shape index (κ1) is 8.75. The van der Waals surface area contributed by atoms with E-state index in [4.69, 9.17) is 9.84 Å². The fourth-order valence-electron chi connectivity index (χ4n) is 0.398. The fraction of sp³-hybridized carbons (Fsp3) is 0.286. The van der Waals surface area contributed by atoms with Crippen LogP contribution in [0.25, 0.3) is 0 Å². The lowest BCUT2D eigenvalue weighted by atomic mass is 10.4. The molecule has 0 aliphatic rings. The summed E-state index contributed by atoms with van der Waals surface area (Å²) in [6.07, 6.45) is 2.30. The molecule has 10 heavy (non-hydrogen) atoms. The van der Waals surface area contributed by atoms with Gasteiger partial charge in [-0.25, -0.2) is 4.79 Å². The van der Waals surface area contributed by atoms with E-state index in [-0.39, 0.29) is 0 Å². The second kappa shape index (κ2) is 4.61. The van der Waals surface area contributed by atoms with Gasteiger partial charge in [-0.05, 0) is 13.0 Å². The molecule has 0 atom stereocenters. The van der Waals surface area contributed by atoms with Crippen LogP contribution in [0.3, 0.4) is 0 Å². The lowest BCUT2D eigenvalue weighted by molar-refractivity contribution is -0.131. The molecule has 0 aliphatic heterocycles. The van der Waals surface area contributed by atoms with Crippen LogP contribution >= 0.6 is 0 Å². The maximum absolute atomic E-state index is 9.92. The number of hydrogen-bond acceptors (Lipinski definition) is 2. The number of ether oxygens (including phenoxy) is 1. The molecule has 0 unspecified atom stereocenters. The first-order valence-corrected chi connectivity index (χ1v) is 2.89. The Kier molecular flexibility index (Phi) is 4.04. The second-order valence-electron chi connectivity index (χ2n) is 1.57. The number of carboxylic acids is 1. The number of rotatable bonds is 4. The smallest absolute Gasteiger partial charge is 0.328 e. The van der Waals surface area contributed by atoms with Gasteiger partial charge < -0.3 is 9.84 Å². The Morgan fingerprint density at radius 1 is 1.70 bits per heavy atom. The zero-order chi connectivity index (χ0) is 7.98. The molecule has 0 bridgehead atoms. The molecule has 0 spiro atoms. The van der Waals surface area contributed by atoms with Gasteiger partial charge in [0.05, 0.1) is 6.61 Å². The summed E-state index contributed by atoms with van der Waals surface area (Å²) < 4.78 is 4.85. The third kappa shape index (κ3) is 4.90. The van der Waals surface area contributed by atoms with E-state index in [0.29, 0.717) is 12.4 Å². The molecular weight excluding hydrogens is 132 g/mol. The topological polar surface area (TPSA) is 46.5 Å². The molecule has 0 aromatic carbocycles. The van der Waals surface area contributed by atoms with E-state index < -0.39 is 5.97 Å².